The van der Waals surface area contributed by atoms with Crippen LogP contribution in [0.15, 0.2) is 71.3 Å². The van der Waals surface area contributed by atoms with Gasteiger partial charge < -0.3 is 10.6 Å². The molecule has 0 radical (unpaired) electrons. The number of halogens is 1. The summed E-state index contributed by atoms with van der Waals surface area (Å²) in [5, 5.41) is 6.15. The van der Waals surface area contributed by atoms with Crippen molar-refractivity contribution >= 4 is 33.3 Å². The lowest BCUT2D eigenvalue weighted by atomic mass is 10.1. The Morgan fingerprint density at radius 2 is 1.92 bits per heavy atom. The molecule has 25 heavy (non-hydrogen) atoms. The standard InChI is InChI=1S/C20H18BrN3O/c1-14-5-4-6-15(11-14)13-23-19-12-16(9-10-22-19)20(25)24-18-8-3-2-7-17(18)21/h2-12H,13H2,1H3,(H,22,23)(H,24,25). The molecule has 0 saturated carbocycles. The second-order valence-corrected chi connectivity index (χ2v) is 6.56. The van der Waals surface area contributed by atoms with Gasteiger partial charge in [0.05, 0.1) is 5.69 Å². The summed E-state index contributed by atoms with van der Waals surface area (Å²) in [7, 11) is 0. The van der Waals surface area contributed by atoms with Crippen molar-refractivity contribution in [1.29, 1.82) is 0 Å². The van der Waals surface area contributed by atoms with Crippen molar-refractivity contribution in [2.24, 2.45) is 0 Å². The van der Waals surface area contributed by atoms with Crippen molar-refractivity contribution in [3.8, 4) is 0 Å². The molecule has 2 N–H and O–H groups in total. The maximum absolute atomic E-state index is 12.4. The van der Waals surface area contributed by atoms with Crippen LogP contribution in [0.4, 0.5) is 11.5 Å². The number of pyridine rings is 1. The molecule has 1 amide bonds. The van der Waals surface area contributed by atoms with Gasteiger partial charge in [0.25, 0.3) is 5.91 Å². The van der Waals surface area contributed by atoms with Crippen LogP contribution in [0.5, 0.6) is 0 Å². The number of hydrogen-bond donors (Lipinski definition) is 2. The van der Waals surface area contributed by atoms with Gasteiger partial charge in [0.2, 0.25) is 0 Å². The highest BCUT2D eigenvalue weighted by Gasteiger charge is 2.09. The number of aryl methyl sites for hydroxylation is 1. The van der Waals surface area contributed by atoms with E-state index in [1.54, 1.807) is 18.3 Å². The maximum atomic E-state index is 12.4. The van der Waals surface area contributed by atoms with Gasteiger partial charge in [-0.25, -0.2) is 4.98 Å². The summed E-state index contributed by atoms with van der Waals surface area (Å²) < 4.78 is 0.843. The first-order chi connectivity index (χ1) is 12.1. The van der Waals surface area contributed by atoms with Gasteiger partial charge in [0, 0.05) is 22.8 Å². The molecule has 0 atom stereocenters. The zero-order chi connectivity index (χ0) is 17.6. The van der Waals surface area contributed by atoms with Crippen molar-refractivity contribution in [2.75, 3.05) is 10.6 Å². The van der Waals surface area contributed by atoms with E-state index in [1.165, 1.54) is 11.1 Å². The third-order valence-electron chi connectivity index (χ3n) is 3.70. The first kappa shape index (κ1) is 17.2. The predicted molar refractivity (Wildman–Crippen MR) is 105 cm³/mol. The molecular weight excluding hydrogens is 378 g/mol. The Morgan fingerprint density at radius 3 is 2.72 bits per heavy atom. The van der Waals surface area contributed by atoms with Crippen LogP contribution in [0.25, 0.3) is 0 Å². The number of para-hydroxylation sites is 1. The number of nitrogens with zero attached hydrogens (tertiary/aromatic N) is 1. The van der Waals surface area contributed by atoms with Crippen LogP contribution in [0, 0.1) is 6.92 Å². The van der Waals surface area contributed by atoms with Crippen LogP contribution in [-0.2, 0) is 6.54 Å². The molecule has 3 aromatic rings. The molecule has 2 aromatic carbocycles. The summed E-state index contributed by atoms with van der Waals surface area (Å²) in [6.07, 6.45) is 1.63. The summed E-state index contributed by atoms with van der Waals surface area (Å²) in [5.41, 5.74) is 3.68. The van der Waals surface area contributed by atoms with Crippen molar-refractivity contribution in [2.45, 2.75) is 13.5 Å². The number of amides is 1. The van der Waals surface area contributed by atoms with Crippen LogP contribution in [0.1, 0.15) is 21.5 Å². The second-order valence-electron chi connectivity index (χ2n) is 5.71. The van der Waals surface area contributed by atoms with Crippen LogP contribution in [0.3, 0.4) is 0 Å². The maximum Gasteiger partial charge on any atom is 0.255 e. The number of hydrogen-bond acceptors (Lipinski definition) is 3. The number of benzene rings is 2. The first-order valence-electron chi connectivity index (χ1n) is 7.93. The van der Waals surface area contributed by atoms with E-state index in [0.29, 0.717) is 17.9 Å². The molecule has 0 aliphatic carbocycles. The lowest BCUT2D eigenvalue weighted by Crippen LogP contribution is -2.13. The number of carbonyl (C=O) groups excluding carboxylic acids is 1. The molecule has 0 spiro atoms. The summed E-state index contributed by atoms with van der Waals surface area (Å²) >= 11 is 3.43. The van der Waals surface area contributed by atoms with E-state index in [9.17, 15) is 4.79 Å². The molecule has 4 nitrogen and oxygen atoms in total. The van der Waals surface area contributed by atoms with Crippen LogP contribution < -0.4 is 10.6 Å². The average Bonchev–Trinajstić information content (AvgIpc) is 2.62. The molecule has 0 aliphatic rings. The van der Waals surface area contributed by atoms with Crippen LogP contribution in [0.2, 0.25) is 0 Å². The van der Waals surface area contributed by atoms with Gasteiger partial charge in [-0.05, 0) is 52.7 Å². The molecule has 1 heterocycles. The third kappa shape index (κ3) is 4.67. The highest BCUT2D eigenvalue weighted by Crippen LogP contribution is 2.22. The fourth-order valence-corrected chi connectivity index (χ4v) is 2.82. The Kier molecular flexibility index (Phi) is 5.46. The molecule has 1 aromatic heterocycles. The molecule has 3 rings (SSSR count). The van der Waals surface area contributed by atoms with Gasteiger partial charge in [0.1, 0.15) is 5.82 Å². The quantitative estimate of drug-likeness (QED) is 0.637. The van der Waals surface area contributed by atoms with Crippen molar-refractivity contribution < 1.29 is 4.79 Å². The Morgan fingerprint density at radius 1 is 1.08 bits per heavy atom. The van der Waals surface area contributed by atoms with Crippen LogP contribution >= 0.6 is 15.9 Å². The van der Waals surface area contributed by atoms with E-state index < -0.39 is 0 Å². The van der Waals surface area contributed by atoms with Crippen molar-refractivity contribution in [1.82, 2.24) is 4.98 Å². The zero-order valence-electron chi connectivity index (χ0n) is 13.8. The van der Waals surface area contributed by atoms with Crippen molar-refractivity contribution in [3.63, 3.8) is 0 Å². The summed E-state index contributed by atoms with van der Waals surface area (Å²) in [6.45, 7) is 2.72. The highest BCUT2D eigenvalue weighted by atomic mass is 79.9. The SMILES string of the molecule is Cc1cccc(CNc2cc(C(=O)Nc3ccccc3Br)ccn2)c1. The molecule has 0 unspecified atom stereocenters. The topological polar surface area (TPSA) is 54.0 Å². The number of anilines is 2. The number of carbonyl (C=O) groups is 1. The van der Waals surface area contributed by atoms with E-state index in [1.807, 2.05) is 30.3 Å². The van der Waals surface area contributed by atoms with E-state index in [2.05, 4.69) is 56.7 Å². The van der Waals surface area contributed by atoms with Gasteiger partial charge >= 0.3 is 0 Å². The molecule has 5 heteroatoms. The predicted octanol–water partition coefficient (Wildman–Crippen LogP) is 5.02. The normalized spacial score (nSPS) is 10.3. The Bertz CT molecular complexity index is 895. The number of nitrogens with one attached hydrogen (secondary N) is 2. The van der Waals surface area contributed by atoms with E-state index in [4.69, 9.17) is 0 Å². The highest BCUT2D eigenvalue weighted by molar-refractivity contribution is 9.10. The van der Waals surface area contributed by atoms with Gasteiger partial charge in [-0.2, -0.15) is 0 Å². The summed E-state index contributed by atoms with van der Waals surface area (Å²) in [4.78, 5) is 16.7. The van der Waals surface area contributed by atoms with E-state index in [-0.39, 0.29) is 5.91 Å². The Labute approximate surface area is 155 Å². The average molecular weight is 396 g/mol. The molecule has 0 saturated heterocycles. The largest absolute Gasteiger partial charge is 0.366 e. The molecular formula is C20H18BrN3O. The molecule has 0 aliphatic heterocycles. The lowest BCUT2D eigenvalue weighted by molar-refractivity contribution is 0.102. The summed E-state index contributed by atoms with van der Waals surface area (Å²) in [5.74, 6) is 0.495. The minimum atomic E-state index is -0.173. The Hall–Kier alpha value is -2.66. The third-order valence-corrected chi connectivity index (χ3v) is 4.39. The van der Waals surface area contributed by atoms with Gasteiger partial charge in [-0.1, -0.05) is 42.0 Å². The Balaban J connectivity index is 1.68. The van der Waals surface area contributed by atoms with E-state index in [0.717, 1.165) is 10.2 Å². The molecule has 0 bridgehead atoms. The monoisotopic (exact) mass is 395 g/mol. The smallest absolute Gasteiger partial charge is 0.255 e. The van der Waals surface area contributed by atoms with Gasteiger partial charge in [-0.15, -0.1) is 0 Å². The zero-order valence-corrected chi connectivity index (χ0v) is 15.4. The van der Waals surface area contributed by atoms with E-state index >= 15 is 0 Å². The van der Waals surface area contributed by atoms with Gasteiger partial charge in [-0.3, -0.25) is 4.79 Å². The van der Waals surface area contributed by atoms with Crippen molar-refractivity contribution in [3.05, 3.63) is 88.0 Å². The van der Waals surface area contributed by atoms with Crippen LogP contribution in [-0.4, -0.2) is 10.9 Å². The number of aromatic nitrogens is 1. The summed E-state index contributed by atoms with van der Waals surface area (Å²) in [6, 6.07) is 19.2. The minimum Gasteiger partial charge on any atom is -0.366 e. The minimum absolute atomic E-state index is 0.173. The van der Waals surface area contributed by atoms with Gasteiger partial charge in [0.15, 0.2) is 0 Å². The lowest BCUT2D eigenvalue weighted by Gasteiger charge is -2.09. The fraction of sp³-hybridized carbons (Fsp3) is 0.100. The first-order valence-corrected chi connectivity index (χ1v) is 8.72. The second kappa shape index (κ2) is 7.94. The molecule has 0 fully saturated rings. The molecule has 126 valence electrons. The number of rotatable bonds is 5. The fourth-order valence-electron chi connectivity index (χ4n) is 2.44.